The van der Waals surface area contributed by atoms with Gasteiger partial charge in [-0.05, 0) is 66.5 Å². The molecule has 2 aromatic carbocycles. The van der Waals surface area contributed by atoms with Crippen LogP contribution in [-0.4, -0.2) is 57.6 Å². The fourth-order valence-corrected chi connectivity index (χ4v) is 7.20. The second kappa shape index (κ2) is 9.24. The Hall–Kier alpha value is -3.27. The lowest BCUT2D eigenvalue weighted by molar-refractivity contribution is -0.135. The number of fused-ring (bicyclic) bond motifs is 3. The van der Waals surface area contributed by atoms with Gasteiger partial charge in [-0.25, -0.2) is 13.2 Å². The summed E-state index contributed by atoms with van der Waals surface area (Å²) in [6.07, 6.45) is 3.01. The highest BCUT2D eigenvalue weighted by Crippen LogP contribution is 2.52. The highest BCUT2D eigenvalue weighted by molar-refractivity contribution is 7.92. The molecule has 2 bridgehead atoms. The molecule has 3 aliphatic rings. The minimum Gasteiger partial charge on any atom is -0.486 e. The van der Waals surface area contributed by atoms with Crippen molar-refractivity contribution in [1.29, 1.82) is 0 Å². The molecule has 10 heteroatoms. The number of esters is 1. The first kappa shape index (κ1) is 25.4. The highest BCUT2D eigenvalue weighted by Gasteiger charge is 2.50. The molecule has 0 unspecified atom stereocenters. The molecule has 198 valence electrons. The van der Waals surface area contributed by atoms with Crippen molar-refractivity contribution in [2.24, 2.45) is 10.8 Å². The van der Waals surface area contributed by atoms with Gasteiger partial charge in [0.25, 0.3) is 15.9 Å². The summed E-state index contributed by atoms with van der Waals surface area (Å²) in [5, 5.41) is 0. The standard InChI is InChI=1S/C27H32N2O7S/c1-26(2)13-20-14-27(3,16-26)17-29(20)24(30)15-36-25(31)18-4-6-19(7-5-18)28-37(32,33)21-8-9-22-23(12-21)35-11-10-34-22/h4-9,12,20,28H,10-11,13-17H2,1-3H3/t20-,27-/m1/s1. The molecule has 1 amide bonds. The minimum absolute atomic E-state index is 0.0300. The number of hydrogen-bond acceptors (Lipinski definition) is 7. The summed E-state index contributed by atoms with van der Waals surface area (Å²) in [5.41, 5.74) is 0.801. The van der Waals surface area contributed by atoms with Crippen LogP contribution in [0.5, 0.6) is 11.5 Å². The van der Waals surface area contributed by atoms with E-state index in [4.69, 9.17) is 14.2 Å². The summed E-state index contributed by atoms with van der Waals surface area (Å²) in [5.74, 6) is 0.0567. The maximum absolute atomic E-state index is 12.9. The first-order valence-corrected chi connectivity index (χ1v) is 13.9. The highest BCUT2D eigenvalue weighted by atomic mass is 32.2. The zero-order valence-corrected chi connectivity index (χ0v) is 22.1. The van der Waals surface area contributed by atoms with E-state index in [-0.39, 0.29) is 45.5 Å². The third kappa shape index (κ3) is 5.39. The lowest BCUT2D eigenvalue weighted by Gasteiger charge is -2.39. The number of likely N-dealkylation sites (tertiary alicyclic amines) is 1. The normalized spacial score (nSPS) is 23.9. The van der Waals surface area contributed by atoms with E-state index in [0.717, 1.165) is 19.3 Å². The predicted molar refractivity (Wildman–Crippen MR) is 136 cm³/mol. The second-order valence-corrected chi connectivity index (χ2v) is 13.0. The van der Waals surface area contributed by atoms with Gasteiger partial charge in [0.2, 0.25) is 0 Å². The van der Waals surface area contributed by atoms with Gasteiger partial charge in [0.05, 0.1) is 10.5 Å². The van der Waals surface area contributed by atoms with E-state index in [1.807, 2.05) is 4.90 Å². The number of anilines is 1. The summed E-state index contributed by atoms with van der Waals surface area (Å²) in [7, 11) is -3.88. The summed E-state index contributed by atoms with van der Waals surface area (Å²) >= 11 is 0. The second-order valence-electron chi connectivity index (χ2n) is 11.3. The van der Waals surface area contributed by atoms with E-state index in [1.54, 1.807) is 6.07 Å². The number of carbonyl (C=O) groups excluding carboxylic acids is 2. The molecule has 1 saturated heterocycles. The van der Waals surface area contributed by atoms with E-state index < -0.39 is 16.0 Å². The van der Waals surface area contributed by atoms with Gasteiger partial charge in [-0.3, -0.25) is 9.52 Å². The van der Waals surface area contributed by atoms with Gasteiger partial charge in [-0.2, -0.15) is 0 Å². The van der Waals surface area contributed by atoms with Crippen molar-refractivity contribution in [2.45, 2.75) is 51.0 Å². The molecule has 0 spiro atoms. The van der Waals surface area contributed by atoms with Gasteiger partial charge in [0.15, 0.2) is 18.1 Å². The molecule has 5 rings (SSSR count). The van der Waals surface area contributed by atoms with Crippen LogP contribution in [0.3, 0.4) is 0 Å². The van der Waals surface area contributed by atoms with Gasteiger partial charge in [-0.1, -0.05) is 20.8 Å². The molecule has 0 radical (unpaired) electrons. The maximum Gasteiger partial charge on any atom is 0.338 e. The fourth-order valence-electron chi connectivity index (χ4n) is 6.12. The van der Waals surface area contributed by atoms with E-state index in [9.17, 15) is 18.0 Å². The number of sulfonamides is 1. The Morgan fingerprint density at radius 3 is 2.46 bits per heavy atom. The van der Waals surface area contributed by atoms with Crippen molar-refractivity contribution < 1.29 is 32.2 Å². The molecule has 2 aromatic rings. The largest absolute Gasteiger partial charge is 0.486 e. The maximum atomic E-state index is 12.9. The molecule has 2 aliphatic heterocycles. The number of rotatable bonds is 6. The van der Waals surface area contributed by atoms with Crippen LogP contribution in [0, 0.1) is 10.8 Å². The smallest absolute Gasteiger partial charge is 0.338 e. The van der Waals surface area contributed by atoms with Crippen LogP contribution in [0.25, 0.3) is 0 Å². The molecule has 1 N–H and O–H groups in total. The fraction of sp³-hybridized carbons (Fsp3) is 0.481. The number of amides is 1. The molecule has 1 aliphatic carbocycles. The summed E-state index contributed by atoms with van der Waals surface area (Å²) < 4.78 is 44.3. The molecule has 0 aromatic heterocycles. The van der Waals surface area contributed by atoms with E-state index >= 15 is 0 Å². The van der Waals surface area contributed by atoms with Crippen LogP contribution in [0.15, 0.2) is 47.4 Å². The predicted octanol–water partition coefficient (Wildman–Crippen LogP) is 3.84. The van der Waals surface area contributed by atoms with Gasteiger partial charge in [0, 0.05) is 24.3 Å². The van der Waals surface area contributed by atoms with Crippen molar-refractivity contribution in [1.82, 2.24) is 4.90 Å². The number of benzene rings is 2. The Bertz CT molecular complexity index is 1320. The van der Waals surface area contributed by atoms with Crippen LogP contribution in [0.2, 0.25) is 0 Å². The zero-order chi connectivity index (χ0) is 26.4. The number of carbonyl (C=O) groups is 2. The summed E-state index contributed by atoms with van der Waals surface area (Å²) in [6, 6.07) is 10.5. The van der Waals surface area contributed by atoms with E-state index in [2.05, 4.69) is 25.5 Å². The molecule has 1 saturated carbocycles. The lowest BCUT2D eigenvalue weighted by atomic mass is 9.65. The Balaban J connectivity index is 1.18. The summed E-state index contributed by atoms with van der Waals surface area (Å²) in [6.45, 7) is 7.85. The van der Waals surface area contributed by atoms with Crippen molar-refractivity contribution in [2.75, 3.05) is 31.1 Å². The third-order valence-electron chi connectivity index (χ3n) is 7.26. The monoisotopic (exact) mass is 528 g/mol. The van der Waals surface area contributed by atoms with Crippen molar-refractivity contribution >= 4 is 27.6 Å². The molecule has 2 atom stereocenters. The quantitative estimate of drug-likeness (QED) is 0.567. The minimum atomic E-state index is -3.88. The Morgan fingerprint density at radius 1 is 1.03 bits per heavy atom. The SMILES string of the molecule is CC1(C)C[C@@H]2C[C@@](C)(CN2C(=O)COC(=O)c2ccc(NS(=O)(=O)c3ccc4c(c3)OCCO4)cc2)C1. The molecular formula is C27H32N2O7S. The van der Waals surface area contributed by atoms with Crippen molar-refractivity contribution in [3.63, 3.8) is 0 Å². The lowest BCUT2D eigenvalue weighted by Crippen LogP contribution is -2.39. The number of nitrogens with zero attached hydrogens (tertiary/aromatic N) is 1. The third-order valence-corrected chi connectivity index (χ3v) is 8.64. The first-order chi connectivity index (χ1) is 17.4. The average molecular weight is 529 g/mol. The van der Waals surface area contributed by atoms with Gasteiger partial charge in [0.1, 0.15) is 13.2 Å². The molecule has 9 nitrogen and oxygen atoms in total. The van der Waals surface area contributed by atoms with Crippen LogP contribution >= 0.6 is 0 Å². The van der Waals surface area contributed by atoms with Gasteiger partial charge < -0.3 is 19.1 Å². The molecular weight excluding hydrogens is 496 g/mol. The van der Waals surface area contributed by atoms with E-state index in [1.165, 1.54) is 36.4 Å². The van der Waals surface area contributed by atoms with Crippen LogP contribution in [0.4, 0.5) is 5.69 Å². The van der Waals surface area contributed by atoms with Crippen LogP contribution in [0.1, 0.15) is 50.4 Å². The number of nitrogens with one attached hydrogen (secondary N) is 1. The van der Waals surface area contributed by atoms with Crippen LogP contribution in [-0.2, 0) is 19.6 Å². The average Bonchev–Trinajstić information content (AvgIpc) is 3.10. The number of hydrogen-bond donors (Lipinski definition) is 1. The first-order valence-electron chi connectivity index (χ1n) is 12.4. The Morgan fingerprint density at radius 2 is 1.73 bits per heavy atom. The topological polar surface area (TPSA) is 111 Å². The molecule has 37 heavy (non-hydrogen) atoms. The van der Waals surface area contributed by atoms with Gasteiger partial charge in [-0.15, -0.1) is 0 Å². The van der Waals surface area contributed by atoms with Crippen LogP contribution < -0.4 is 14.2 Å². The number of ether oxygens (including phenoxy) is 3. The molecule has 2 fully saturated rings. The van der Waals surface area contributed by atoms with Gasteiger partial charge >= 0.3 is 5.97 Å². The zero-order valence-electron chi connectivity index (χ0n) is 21.3. The van der Waals surface area contributed by atoms with Crippen molar-refractivity contribution in [3.8, 4) is 11.5 Å². The Kier molecular flexibility index (Phi) is 6.34. The van der Waals surface area contributed by atoms with Crippen molar-refractivity contribution in [3.05, 3.63) is 48.0 Å². The summed E-state index contributed by atoms with van der Waals surface area (Å²) in [4.78, 5) is 27.3. The molecule has 2 heterocycles. The Labute approximate surface area is 217 Å². The van der Waals surface area contributed by atoms with E-state index in [0.29, 0.717) is 31.3 Å².